The molecule has 0 spiro atoms. The van der Waals surface area contributed by atoms with Gasteiger partial charge < -0.3 is 5.11 Å². The van der Waals surface area contributed by atoms with Crippen molar-refractivity contribution < 1.29 is 5.11 Å². The standard InChI is InChI=1S/C9H6BNOS/c10-9-7(12)4-3-6(11-9)8-2-1-5-13-8/h1-5,12H. The molecular formula is C9H6BNOS. The van der Waals surface area contributed by atoms with Gasteiger partial charge in [-0.05, 0) is 23.6 Å². The zero-order chi connectivity index (χ0) is 9.26. The summed E-state index contributed by atoms with van der Waals surface area (Å²) < 4.78 is 0. The van der Waals surface area contributed by atoms with Crippen molar-refractivity contribution in [3.05, 3.63) is 29.6 Å². The quantitative estimate of drug-likeness (QED) is 0.682. The van der Waals surface area contributed by atoms with E-state index in [2.05, 4.69) is 4.98 Å². The number of rotatable bonds is 1. The van der Waals surface area contributed by atoms with E-state index in [0.717, 1.165) is 10.6 Å². The molecule has 0 saturated carbocycles. The molecule has 0 unspecified atom stereocenters. The third-order valence-corrected chi connectivity index (χ3v) is 2.57. The minimum absolute atomic E-state index is 0.0281. The second kappa shape index (κ2) is 3.22. The van der Waals surface area contributed by atoms with Gasteiger partial charge in [0.15, 0.2) is 0 Å². The van der Waals surface area contributed by atoms with Crippen LogP contribution in [-0.2, 0) is 0 Å². The van der Waals surface area contributed by atoms with Crippen molar-refractivity contribution in [1.29, 1.82) is 0 Å². The first-order chi connectivity index (χ1) is 6.27. The summed E-state index contributed by atoms with van der Waals surface area (Å²) in [6.45, 7) is 0. The number of pyridine rings is 1. The van der Waals surface area contributed by atoms with Gasteiger partial charge in [0.25, 0.3) is 0 Å². The van der Waals surface area contributed by atoms with Crippen molar-refractivity contribution in [2.45, 2.75) is 0 Å². The Kier molecular flexibility index (Phi) is 2.06. The molecule has 0 bridgehead atoms. The fraction of sp³-hybridized carbons (Fsp3) is 0. The molecule has 4 heteroatoms. The van der Waals surface area contributed by atoms with Gasteiger partial charge in [-0.1, -0.05) is 6.07 Å². The summed E-state index contributed by atoms with van der Waals surface area (Å²) in [5.41, 5.74) is 0.969. The Hall–Kier alpha value is -1.29. The Morgan fingerprint density at radius 3 is 2.77 bits per heavy atom. The van der Waals surface area contributed by atoms with Crippen LogP contribution >= 0.6 is 11.3 Å². The van der Waals surface area contributed by atoms with E-state index in [1.54, 1.807) is 23.5 Å². The molecule has 2 rings (SSSR count). The summed E-state index contributed by atoms with van der Waals surface area (Å²) in [4.78, 5) is 5.10. The van der Waals surface area contributed by atoms with E-state index in [1.807, 2.05) is 17.5 Å². The van der Waals surface area contributed by atoms with Crippen LogP contribution in [0.4, 0.5) is 0 Å². The van der Waals surface area contributed by atoms with Crippen molar-refractivity contribution in [3.8, 4) is 16.3 Å². The molecule has 62 valence electrons. The maximum Gasteiger partial charge on any atom is 0.147 e. The Bertz CT molecular complexity index is 414. The first kappa shape index (κ1) is 8.32. The predicted molar refractivity (Wildman–Crippen MR) is 54.6 cm³/mol. The monoisotopic (exact) mass is 187 g/mol. The molecule has 2 nitrogen and oxygen atoms in total. The van der Waals surface area contributed by atoms with Crippen molar-refractivity contribution >= 4 is 24.8 Å². The molecule has 2 heterocycles. The summed E-state index contributed by atoms with van der Waals surface area (Å²) in [5.74, 6) is 0.0281. The van der Waals surface area contributed by atoms with E-state index in [1.165, 1.54) is 0 Å². The summed E-state index contributed by atoms with van der Waals surface area (Å²) in [6, 6.07) is 7.21. The number of hydrogen-bond donors (Lipinski definition) is 1. The number of nitrogens with zero attached hydrogens (tertiary/aromatic N) is 1. The normalized spacial score (nSPS) is 10.2. The average molecular weight is 187 g/mol. The van der Waals surface area contributed by atoms with Gasteiger partial charge in [-0.2, -0.15) is 0 Å². The zero-order valence-electron chi connectivity index (χ0n) is 6.77. The van der Waals surface area contributed by atoms with Gasteiger partial charge in [0.1, 0.15) is 13.6 Å². The van der Waals surface area contributed by atoms with Crippen LogP contribution in [0.1, 0.15) is 0 Å². The van der Waals surface area contributed by atoms with Gasteiger partial charge in [0.2, 0.25) is 0 Å². The maximum atomic E-state index is 9.16. The van der Waals surface area contributed by atoms with Crippen molar-refractivity contribution in [3.63, 3.8) is 0 Å². The highest BCUT2D eigenvalue weighted by Gasteiger charge is 2.02. The summed E-state index contributed by atoms with van der Waals surface area (Å²) in [6.07, 6.45) is 0. The summed E-state index contributed by atoms with van der Waals surface area (Å²) in [7, 11) is 5.47. The first-order valence-electron chi connectivity index (χ1n) is 3.77. The number of thiophene rings is 1. The third kappa shape index (κ3) is 1.58. The SMILES string of the molecule is [B]c1nc(-c2cccs2)ccc1O. The van der Waals surface area contributed by atoms with Gasteiger partial charge in [-0.25, -0.2) is 0 Å². The smallest absolute Gasteiger partial charge is 0.147 e. The highest BCUT2D eigenvalue weighted by molar-refractivity contribution is 7.13. The number of hydrogen-bond acceptors (Lipinski definition) is 3. The Labute approximate surface area is 81.3 Å². The molecule has 0 aliphatic rings. The van der Waals surface area contributed by atoms with Gasteiger partial charge in [-0.15, -0.1) is 11.3 Å². The lowest BCUT2D eigenvalue weighted by Gasteiger charge is -2.00. The summed E-state index contributed by atoms with van der Waals surface area (Å²) in [5, 5.41) is 11.1. The van der Waals surface area contributed by atoms with E-state index in [-0.39, 0.29) is 11.3 Å². The van der Waals surface area contributed by atoms with Crippen molar-refractivity contribution in [2.75, 3.05) is 0 Å². The molecule has 2 radical (unpaired) electrons. The fourth-order valence-corrected chi connectivity index (χ4v) is 1.72. The molecule has 2 aromatic heterocycles. The highest BCUT2D eigenvalue weighted by Crippen LogP contribution is 2.22. The molecule has 0 amide bonds. The molecule has 0 atom stereocenters. The number of aromatic nitrogens is 1. The Morgan fingerprint density at radius 2 is 2.15 bits per heavy atom. The molecule has 0 aromatic carbocycles. The van der Waals surface area contributed by atoms with Gasteiger partial charge >= 0.3 is 0 Å². The lowest BCUT2D eigenvalue weighted by atomic mass is 10.0. The third-order valence-electron chi connectivity index (χ3n) is 1.68. The predicted octanol–water partition coefficient (Wildman–Crippen LogP) is 1.31. The van der Waals surface area contributed by atoms with Gasteiger partial charge in [0, 0.05) is 5.59 Å². The lowest BCUT2D eigenvalue weighted by molar-refractivity contribution is 0.478. The molecule has 0 aliphatic heterocycles. The van der Waals surface area contributed by atoms with Crippen LogP contribution in [0.15, 0.2) is 29.6 Å². The van der Waals surface area contributed by atoms with Crippen LogP contribution in [0.3, 0.4) is 0 Å². The summed E-state index contributed by atoms with van der Waals surface area (Å²) >= 11 is 1.59. The maximum absolute atomic E-state index is 9.16. The van der Waals surface area contributed by atoms with Gasteiger partial charge in [-0.3, -0.25) is 4.98 Å². The van der Waals surface area contributed by atoms with Crippen LogP contribution in [0.5, 0.6) is 5.75 Å². The second-order valence-electron chi connectivity index (χ2n) is 2.58. The van der Waals surface area contributed by atoms with E-state index >= 15 is 0 Å². The fourth-order valence-electron chi connectivity index (χ4n) is 1.03. The molecule has 0 fully saturated rings. The largest absolute Gasteiger partial charge is 0.507 e. The molecule has 0 aliphatic carbocycles. The lowest BCUT2D eigenvalue weighted by Crippen LogP contribution is -2.08. The zero-order valence-corrected chi connectivity index (χ0v) is 7.58. The van der Waals surface area contributed by atoms with Crippen LogP contribution < -0.4 is 5.59 Å². The molecule has 0 saturated heterocycles. The first-order valence-corrected chi connectivity index (χ1v) is 4.65. The van der Waals surface area contributed by atoms with Crippen molar-refractivity contribution in [2.24, 2.45) is 0 Å². The second-order valence-corrected chi connectivity index (χ2v) is 3.53. The number of aromatic hydroxyl groups is 1. The van der Waals surface area contributed by atoms with E-state index < -0.39 is 0 Å². The Morgan fingerprint density at radius 1 is 1.31 bits per heavy atom. The van der Waals surface area contributed by atoms with Crippen LogP contribution in [-0.4, -0.2) is 17.9 Å². The molecular weight excluding hydrogens is 181 g/mol. The highest BCUT2D eigenvalue weighted by atomic mass is 32.1. The van der Waals surface area contributed by atoms with Crippen LogP contribution in [0, 0.1) is 0 Å². The van der Waals surface area contributed by atoms with Crippen LogP contribution in [0.2, 0.25) is 0 Å². The van der Waals surface area contributed by atoms with E-state index in [9.17, 15) is 0 Å². The van der Waals surface area contributed by atoms with Gasteiger partial charge in [0.05, 0.1) is 10.6 Å². The Balaban J connectivity index is 2.49. The minimum atomic E-state index is 0.0281. The minimum Gasteiger partial charge on any atom is -0.507 e. The molecule has 1 N–H and O–H groups in total. The van der Waals surface area contributed by atoms with Crippen molar-refractivity contribution in [1.82, 2.24) is 4.98 Å². The van der Waals surface area contributed by atoms with Crippen LogP contribution in [0.25, 0.3) is 10.6 Å². The molecule has 13 heavy (non-hydrogen) atoms. The average Bonchev–Trinajstić information content (AvgIpc) is 2.62. The van der Waals surface area contributed by atoms with E-state index in [0.29, 0.717) is 0 Å². The van der Waals surface area contributed by atoms with E-state index in [4.69, 9.17) is 13.0 Å². The molecule has 2 aromatic rings. The topological polar surface area (TPSA) is 33.1 Å².